The van der Waals surface area contributed by atoms with E-state index in [2.05, 4.69) is 20.5 Å². The van der Waals surface area contributed by atoms with E-state index in [1.165, 1.54) is 0 Å². The predicted molar refractivity (Wildman–Crippen MR) is 97.4 cm³/mol. The Morgan fingerprint density at radius 1 is 1.00 bits per heavy atom. The number of aromatic nitrogens is 1. The maximum atomic E-state index is 12.3. The van der Waals surface area contributed by atoms with Crippen LogP contribution in [-0.4, -0.2) is 48.9 Å². The van der Waals surface area contributed by atoms with Crippen LogP contribution in [0.25, 0.3) is 0 Å². The molecule has 0 aliphatic rings. The zero-order chi connectivity index (χ0) is 18.1. The highest BCUT2D eigenvalue weighted by Gasteiger charge is 2.10. The molecular weight excluding hydrogens is 316 g/mol. The third kappa shape index (κ3) is 6.35. The van der Waals surface area contributed by atoms with Gasteiger partial charge in [-0.3, -0.25) is 14.6 Å². The Hall–Kier alpha value is -2.73. The Kier molecular flexibility index (Phi) is 7.10. The Labute approximate surface area is 148 Å². The fourth-order valence-electron chi connectivity index (χ4n) is 2.28. The molecule has 0 aliphatic carbocycles. The Morgan fingerprint density at radius 3 is 2.36 bits per heavy atom. The zero-order valence-electron chi connectivity index (χ0n) is 14.7. The second-order valence-corrected chi connectivity index (χ2v) is 6.00. The third-order valence-electron chi connectivity index (χ3n) is 3.61. The van der Waals surface area contributed by atoms with Crippen molar-refractivity contribution in [2.45, 2.75) is 13.0 Å². The van der Waals surface area contributed by atoms with Crippen LogP contribution in [0.3, 0.4) is 0 Å². The van der Waals surface area contributed by atoms with Crippen LogP contribution in [0.15, 0.2) is 48.7 Å². The van der Waals surface area contributed by atoms with E-state index in [4.69, 9.17) is 0 Å². The van der Waals surface area contributed by atoms with Gasteiger partial charge in [-0.2, -0.15) is 0 Å². The van der Waals surface area contributed by atoms with E-state index >= 15 is 0 Å². The van der Waals surface area contributed by atoms with E-state index in [1.807, 2.05) is 32.3 Å². The first kappa shape index (κ1) is 18.6. The van der Waals surface area contributed by atoms with E-state index in [0.29, 0.717) is 24.2 Å². The predicted octanol–water partition coefficient (Wildman–Crippen LogP) is 1.69. The van der Waals surface area contributed by atoms with Crippen molar-refractivity contribution < 1.29 is 9.59 Å². The second kappa shape index (κ2) is 9.54. The number of nitrogens with one attached hydrogen (secondary N) is 2. The van der Waals surface area contributed by atoms with Gasteiger partial charge in [0.2, 0.25) is 0 Å². The topological polar surface area (TPSA) is 74.3 Å². The van der Waals surface area contributed by atoms with Crippen molar-refractivity contribution in [2.24, 2.45) is 0 Å². The van der Waals surface area contributed by atoms with Gasteiger partial charge in [0.15, 0.2) is 0 Å². The summed E-state index contributed by atoms with van der Waals surface area (Å²) in [7, 11) is 3.99. The Balaban J connectivity index is 1.88. The van der Waals surface area contributed by atoms with E-state index < -0.39 is 0 Å². The molecule has 0 unspecified atom stereocenters. The van der Waals surface area contributed by atoms with Crippen molar-refractivity contribution in [1.29, 1.82) is 0 Å². The number of hydrogen-bond donors (Lipinski definition) is 2. The van der Waals surface area contributed by atoms with Gasteiger partial charge < -0.3 is 15.5 Å². The van der Waals surface area contributed by atoms with Gasteiger partial charge in [-0.25, -0.2) is 0 Å². The molecule has 0 spiro atoms. The Bertz CT molecular complexity index is 702. The minimum atomic E-state index is -0.229. The van der Waals surface area contributed by atoms with Crippen LogP contribution >= 0.6 is 0 Å². The molecular formula is C19H24N4O2. The van der Waals surface area contributed by atoms with Crippen LogP contribution in [0.1, 0.15) is 32.8 Å². The first-order valence-corrected chi connectivity index (χ1v) is 8.27. The summed E-state index contributed by atoms with van der Waals surface area (Å²) in [6.45, 7) is 1.87. The molecule has 0 radical (unpaired) electrons. The molecule has 0 bridgehead atoms. The summed E-state index contributed by atoms with van der Waals surface area (Å²) in [6, 6.07) is 12.3. The summed E-state index contributed by atoms with van der Waals surface area (Å²) >= 11 is 0. The minimum absolute atomic E-state index is 0.168. The number of hydrogen-bond acceptors (Lipinski definition) is 4. The van der Waals surface area contributed by atoms with Crippen molar-refractivity contribution in [1.82, 2.24) is 20.5 Å². The minimum Gasteiger partial charge on any atom is -0.352 e. The maximum absolute atomic E-state index is 12.3. The van der Waals surface area contributed by atoms with Crippen molar-refractivity contribution in [3.05, 3.63) is 65.5 Å². The van der Waals surface area contributed by atoms with Gasteiger partial charge in [0.1, 0.15) is 0 Å². The van der Waals surface area contributed by atoms with Crippen LogP contribution in [0.5, 0.6) is 0 Å². The lowest BCUT2D eigenvalue weighted by atomic mass is 10.1. The number of carbonyl (C=O) groups is 2. The van der Waals surface area contributed by atoms with Crippen LogP contribution in [0, 0.1) is 0 Å². The van der Waals surface area contributed by atoms with Gasteiger partial charge in [-0.1, -0.05) is 12.1 Å². The molecule has 2 rings (SSSR count). The Morgan fingerprint density at radius 2 is 1.72 bits per heavy atom. The average Bonchev–Trinajstić information content (AvgIpc) is 2.64. The molecule has 0 atom stereocenters. The maximum Gasteiger partial charge on any atom is 0.251 e. The molecule has 1 aromatic heterocycles. The smallest absolute Gasteiger partial charge is 0.251 e. The normalized spacial score (nSPS) is 10.5. The fraction of sp³-hybridized carbons (Fsp3) is 0.316. The van der Waals surface area contributed by atoms with Gasteiger partial charge >= 0.3 is 0 Å². The van der Waals surface area contributed by atoms with Crippen molar-refractivity contribution in [3.63, 3.8) is 0 Å². The van der Waals surface area contributed by atoms with Gasteiger partial charge in [0.25, 0.3) is 11.8 Å². The molecule has 25 heavy (non-hydrogen) atoms. The third-order valence-corrected chi connectivity index (χ3v) is 3.61. The molecule has 1 heterocycles. The lowest BCUT2D eigenvalue weighted by Crippen LogP contribution is -2.28. The largest absolute Gasteiger partial charge is 0.352 e. The molecule has 132 valence electrons. The van der Waals surface area contributed by atoms with Gasteiger partial charge in [0, 0.05) is 23.9 Å². The van der Waals surface area contributed by atoms with Crippen molar-refractivity contribution in [2.75, 3.05) is 27.2 Å². The van der Waals surface area contributed by atoms with Gasteiger partial charge in [0.05, 0.1) is 12.2 Å². The number of nitrogens with zero attached hydrogens (tertiary/aromatic N) is 2. The van der Waals surface area contributed by atoms with E-state index in [9.17, 15) is 9.59 Å². The number of carbonyl (C=O) groups excluding carboxylic acids is 2. The van der Waals surface area contributed by atoms with Gasteiger partial charge in [-0.05, 0) is 57.4 Å². The monoisotopic (exact) mass is 340 g/mol. The summed E-state index contributed by atoms with van der Waals surface area (Å²) in [4.78, 5) is 30.7. The highest BCUT2D eigenvalue weighted by atomic mass is 16.2. The number of benzene rings is 1. The molecule has 6 nitrogen and oxygen atoms in total. The summed E-state index contributed by atoms with van der Waals surface area (Å²) in [5.74, 6) is -0.397. The molecule has 0 fully saturated rings. The first-order valence-electron chi connectivity index (χ1n) is 8.27. The fourth-order valence-corrected chi connectivity index (χ4v) is 2.28. The number of rotatable bonds is 8. The average molecular weight is 340 g/mol. The van der Waals surface area contributed by atoms with Crippen molar-refractivity contribution in [3.8, 4) is 0 Å². The van der Waals surface area contributed by atoms with Crippen LogP contribution < -0.4 is 10.6 Å². The molecule has 1 aromatic carbocycles. The molecule has 0 saturated heterocycles. The van der Waals surface area contributed by atoms with E-state index in [-0.39, 0.29) is 11.8 Å². The van der Waals surface area contributed by atoms with E-state index in [0.717, 1.165) is 18.7 Å². The SMILES string of the molecule is CN(C)CCCNC(=O)c1cccc(C(=O)NCc2ccccn2)c1. The quantitative estimate of drug-likeness (QED) is 0.717. The molecule has 2 N–H and O–H groups in total. The first-order chi connectivity index (χ1) is 12.1. The van der Waals surface area contributed by atoms with Crippen molar-refractivity contribution >= 4 is 11.8 Å². The molecule has 0 aliphatic heterocycles. The highest BCUT2D eigenvalue weighted by Crippen LogP contribution is 2.06. The number of pyridine rings is 1. The lowest BCUT2D eigenvalue weighted by Gasteiger charge is -2.10. The summed E-state index contributed by atoms with van der Waals surface area (Å²) < 4.78 is 0. The molecule has 0 saturated carbocycles. The van der Waals surface area contributed by atoms with Crippen LogP contribution in [-0.2, 0) is 6.54 Å². The highest BCUT2D eigenvalue weighted by molar-refractivity contribution is 5.99. The van der Waals surface area contributed by atoms with Crippen LogP contribution in [0.4, 0.5) is 0 Å². The summed E-state index contributed by atoms with van der Waals surface area (Å²) in [5, 5.41) is 5.68. The molecule has 6 heteroatoms. The lowest BCUT2D eigenvalue weighted by molar-refractivity contribution is 0.0950. The summed E-state index contributed by atoms with van der Waals surface area (Å²) in [6.07, 6.45) is 2.56. The molecule has 2 aromatic rings. The van der Waals surface area contributed by atoms with E-state index in [1.54, 1.807) is 30.5 Å². The van der Waals surface area contributed by atoms with Gasteiger partial charge in [-0.15, -0.1) is 0 Å². The zero-order valence-corrected chi connectivity index (χ0v) is 14.7. The van der Waals surface area contributed by atoms with Crippen LogP contribution in [0.2, 0.25) is 0 Å². The summed E-state index contributed by atoms with van der Waals surface area (Å²) in [5.41, 5.74) is 1.72. The molecule has 2 amide bonds. The second-order valence-electron chi connectivity index (χ2n) is 6.00. The number of amides is 2. The standard InChI is InChI=1S/C19H24N4O2/c1-23(2)12-6-11-21-18(24)15-7-5-8-16(13-15)19(25)22-14-17-9-3-4-10-20-17/h3-5,7-10,13H,6,11-12,14H2,1-2H3,(H,21,24)(H,22,25).